The fraction of sp³-hybridized carbons (Fsp3) is 0.467. The summed E-state index contributed by atoms with van der Waals surface area (Å²) in [4.78, 5) is 20.4. The van der Waals surface area contributed by atoms with Crippen molar-refractivity contribution in [3.8, 4) is 0 Å². The van der Waals surface area contributed by atoms with Gasteiger partial charge >= 0.3 is 0 Å². The zero-order valence-corrected chi connectivity index (χ0v) is 11.7. The highest BCUT2D eigenvalue weighted by Gasteiger charge is 2.24. The molecule has 0 spiro atoms. The largest absolute Gasteiger partial charge is 0.339 e. The molecule has 1 aromatic rings. The number of nitrogens with two attached hydrogens (primary N) is 1. The van der Waals surface area contributed by atoms with E-state index in [1.165, 1.54) is 5.56 Å². The molecule has 2 N–H and O–H groups in total. The summed E-state index contributed by atoms with van der Waals surface area (Å²) in [5.74, 6) is 0.0333. The SMILES string of the molecule is C=CCC(N)C(=O)N1CCN(Cc2cccnc2)CC1. The standard InChI is InChI=1S/C15H22N4O/c1-2-4-14(16)15(20)19-9-7-18(8-10-19)12-13-5-3-6-17-11-13/h2-3,5-6,11,14H,1,4,7-10,12,16H2. The van der Waals surface area contributed by atoms with E-state index in [1.807, 2.05) is 17.2 Å². The lowest BCUT2D eigenvalue weighted by atomic mass is 10.1. The second-order valence-electron chi connectivity index (χ2n) is 5.09. The van der Waals surface area contributed by atoms with Crippen molar-refractivity contribution < 1.29 is 4.79 Å². The van der Waals surface area contributed by atoms with Gasteiger partial charge in [0.2, 0.25) is 5.91 Å². The molecule has 1 aliphatic rings. The van der Waals surface area contributed by atoms with Gasteiger partial charge in [-0.1, -0.05) is 12.1 Å². The highest BCUT2D eigenvalue weighted by molar-refractivity contribution is 5.81. The van der Waals surface area contributed by atoms with Crippen LogP contribution >= 0.6 is 0 Å². The van der Waals surface area contributed by atoms with Gasteiger partial charge in [0.25, 0.3) is 0 Å². The lowest BCUT2D eigenvalue weighted by Crippen LogP contribution is -2.52. The van der Waals surface area contributed by atoms with Gasteiger partial charge in [0.15, 0.2) is 0 Å². The number of aromatic nitrogens is 1. The maximum Gasteiger partial charge on any atom is 0.239 e. The summed E-state index contributed by atoms with van der Waals surface area (Å²) in [6.45, 7) is 7.74. The van der Waals surface area contributed by atoms with Crippen LogP contribution in [0.2, 0.25) is 0 Å². The third kappa shape index (κ3) is 3.88. The van der Waals surface area contributed by atoms with E-state index in [4.69, 9.17) is 5.73 Å². The van der Waals surface area contributed by atoms with Gasteiger partial charge in [-0.25, -0.2) is 0 Å². The van der Waals surface area contributed by atoms with Gasteiger partial charge in [-0.15, -0.1) is 6.58 Å². The van der Waals surface area contributed by atoms with Gasteiger partial charge in [0, 0.05) is 45.1 Å². The van der Waals surface area contributed by atoms with Crippen LogP contribution in [-0.2, 0) is 11.3 Å². The first kappa shape index (κ1) is 14.7. The summed E-state index contributed by atoms with van der Waals surface area (Å²) >= 11 is 0. The highest BCUT2D eigenvalue weighted by atomic mass is 16.2. The molecule has 1 amide bonds. The van der Waals surface area contributed by atoms with E-state index in [9.17, 15) is 4.79 Å². The van der Waals surface area contributed by atoms with E-state index in [0.29, 0.717) is 6.42 Å². The summed E-state index contributed by atoms with van der Waals surface area (Å²) in [5.41, 5.74) is 7.04. The molecule has 1 unspecified atom stereocenters. The third-order valence-corrected chi connectivity index (χ3v) is 3.55. The van der Waals surface area contributed by atoms with E-state index in [0.717, 1.165) is 32.7 Å². The highest BCUT2D eigenvalue weighted by Crippen LogP contribution is 2.09. The van der Waals surface area contributed by atoms with Crippen LogP contribution in [-0.4, -0.2) is 52.9 Å². The smallest absolute Gasteiger partial charge is 0.239 e. The molecule has 0 aromatic carbocycles. The monoisotopic (exact) mass is 274 g/mol. The second-order valence-corrected chi connectivity index (χ2v) is 5.09. The number of pyridine rings is 1. The van der Waals surface area contributed by atoms with E-state index in [-0.39, 0.29) is 5.91 Å². The van der Waals surface area contributed by atoms with Crippen LogP contribution in [0.15, 0.2) is 37.2 Å². The molecule has 0 bridgehead atoms. The number of rotatable bonds is 5. The number of carbonyl (C=O) groups is 1. The molecule has 0 radical (unpaired) electrons. The van der Waals surface area contributed by atoms with Crippen LogP contribution in [0.25, 0.3) is 0 Å². The molecule has 1 saturated heterocycles. The fourth-order valence-electron chi connectivity index (χ4n) is 2.39. The average molecular weight is 274 g/mol. The Morgan fingerprint density at radius 3 is 2.80 bits per heavy atom. The topological polar surface area (TPSA) is 62.5 Å². The Morgan fingerprint density at radius 1 is 1.45 bits per heavy atom. The number of carbonyl (C=O) groups excluding carboxylic acids is 1. The van der Waals surface area contributed by atoms with Gasteiger partial charge in [-0.05, 0) is 18.1 Å². The molecule has 0 saturated carbocycles. The van der Waals surface area contributed by atoms with Crippen LogP contribution in [0, 0.1) is 0 Å². The Balaban J connectivity index is 1.80. The quantitative estimate of drug-likeness (QED) is 0.800. The Morgan fingerprint density at radius 2 is 2.20 bits per heavy atom. The molecule has 108 valence electrons. The van der Waals surface area contributed by atoms with Crippen molar-refractivity contribution >= 4 is 5.91 Å². The number of hydrogen-bond acceptors (Lipinski definition) is 4. The number of hydrogen-bond donors (Lipinski definition) is 1. The molecule has 5 nitrogen and oxygen atoms in total. The molecular weight excluding hydrogens is 252 g/mol. The maximum absolute atomic E-state index is 12.1. The van der Waals surface area contributed by atoms with Crippen molar-refractivity contribution in [3.63, 3.8) is 0 Å². The first-order valence-electron chi connectivity index (χ1n) is 6.97. The molecular formula is C15H22N4O. The molecule has 1 atom stereocenters. The Kier molecular flexibility index (Phi) is 5.26. The lowest BCUT2D eigenvalue weighted by Gasteiger charge is -2.35. The number of nitrogens with zero attached hydrogens (tertiary/aromatic N) is 3. The van der Waals surface area contributed by atoms with Gasteiger partial charge in [0.1, 0.15) is 0 Å². The second kappa shape index (κ2) is 7.17. The minimum atomic E-state index is -0.447. The Hall–Kier alpha value is -1.72. The minimum absolute atomic E-state index is 0.0333. The third-order valence-electron chi connectivity index (χ3n) is 3.55. The molecule has 1 aliphatic heterocycles. The van der Waals surface area contributed by atoms with E-state index < -0.39 is 6.04 Å². The summed E-state index contributed by atoms with van der Waals surface area (Å²) in [6.07, 6.45) is 5.90. The van der Waals surface area contributed by atoms with Crippen molar-refractivity contribution in [3.05, 3.63) is 42.7 Å². The van der Waals surface area contributed by atoms with E-state index >= 15 is 0 Å². The number of amides is 1. The van der Waals surface area contributed by atoms with Crippen LogP contribution in [0.5, 0.6) is 0 Å². The summed E-state index contributed by atoms with van der Waals surface area (Å²) in [6, 6.07) is 3.57. The van der Waals surface area contributed by atoms with Crippen LogP contribution in [0.4, 0.5) is 0 Å². The van der Waals surface area contributed by atoms with Crippen molar-refractivity contribution in [2.75, 3.05) is 26.2 Å². The molecule has 0 aliphatic carbocycles. The predicted octanol–water partition coefficient (Wildman–Crippen LogP) is 0.629. The first-order chi connectivity index (χ1) is 9.70. The Bertz CT molecular complexity index is 440. The molecule has 2 rings (SSSR count). The van der Waals surface area contributed by atoms with Crippen LogP contribution in [0.3, 0.4) is 0 Å². The average Bonchev–Trinajstić information content (AvgIpc) is 2.48. The van der Waals surface area contributed by atoms with Crippen molar-refractivity contribution in [1.29, 1.82) is 0 Å². The van der Waals surface area contributed by atoms with Gasteiger partial charge < -0.3 is 10.6 Å². The molecule has 2 heterocycles. The molecule has 1 aromatic heterocycles. The van der Waals surface area contributed by atoms with Crippen molar-refractivity contribution in [2.45, 2.75) is 19.0 Å². The summed E-state index contributed by atoms with van der Waals surface area (Å²) < 4.78 is 0. The predicted molar refractivity (Wildman–Crippen MR) is 78.9 cm³/mol. The van der Waals surface area contributed by atoms with Crippen molar-refractivity contribution in [1.82, 2.24) is 14.8 Å². The summed E-state index contributed by atoms with van der Waals surface area (Å²) in [5, 5.41) is 0. The van der Waals surface area contributed by atoms with Gasteiger partial charge in [-0.2, -0.15) is 0 Å². The number of piperazine rings is 1. The van der Waals surface area contributed by atoms with Crippen LogP contribution in [0.1, 0.15) is 12.0 Å². The van der Waals surface area contributed by atoms with E-state index in [1.54, 1.807) is 12.3 Å². The van der Waals surface area contributed by atoms with Gasteiger partial charge in [0.05, 0.1) is 6.04 Å². The summed E-state index contributed by atoms with van der Waals surface area (Å²) in [7, 11) is 0. The molecule has 20 heavy (non-hydrogen) atoms. The van der Waals surface area contributed by atoms with E-state index in [2.05, 4.69) is 22.5 Å². The fourth-order valence-corrected chi connectivity index (χ4v) is 2.39. The molecule has 5 heteroatoms. The normalized spacial score (nSPS) is 17.8. The minimum Gasteiger partial charge on any atom is -0.339 e. The van der Waals surface area contributed by atoms with Gasteiger partial charge in [-0.3, -0.25) is 14.7 Å². The first-order valence-corrected chi connectivity index (χ1v) is 6.97. The zero-order chi connectivity index (χ0) is 14.4. The lowest BCUT2D eigenvalue weighted by molar-refractivity contribution is -0.134. The van der Waals surface area contributed by atoms with Crippen molar-refractivity contribution in [2.24, 2.45) is 5.73 Å². The zero-order valence-electron chi connectivity index (χ0n) is 11.7. The Labute approximate surface area is 120 Å². The van der Waals surface area contributed by atoms with Crippen LogP contribution < -0.4 is 5.73 Å². The molecule has 1 fully saturated rings. The maximum atomic E-state index is 12.1.